The number of carbonyl (C=O) groups excluding carboxylic acids is 1. The summed E-state index contributed by atoms with van der Waals surface area (Å²) in [5.74, 6) is 0.588. The number of likely N-dealkylation sites (tertiary alicyclic amines) is 1. The normalized spacial score (nSPS) is 16.1. The zero-order valence-electron chi connectivity index (χ0n) is 12.5. The van der Waals surface area contributed by atoms with Crippen LogP contribution in [-0.2, 0) is 9.53 Å². The molecule has 0 spiro atoms. The van der Waals surface area contributed by atoms with Crippen LogP contribution in [-0.4, -0.2) is 63.8 Å². The van der Waals surface area contributed by atoms with Crippen LogP contribution in [0.1, 0.15) is 19.8 Å². The van der Waals surface area contributed by atoms with Gasteiger partial charge < -0.3 is 20.3 Å². The number of hydrogen-bond donors (Lipinski definition) is 2. The molecule has 122 valence electrons. The summed E-state index contributed by atoms with van der Waals surface area (Å²) in [5.41, 5.74) is 0. The minimum Gasteiger partial charge on any atom is -0.383 e. The van der Waals surface area contributed by atoms with E-state index in [2.05, 4.69) is 22.5 Å². The molecule has 1 saturated heterocycles. The van der Waals surface area contributed by atoms with Crippen LogP contribution in [0, 0.1) is 5.92 Å². The first-order chi connectivity index (χ1) is 8.72. The van der Waals surface area contributed by atoms with E-state index >= 15 is 0 Å². The molecule has 1 unspecified atom stereocenters. The van der Waals surface area contributed by atoms with Crippen molar-refractivity contribution in [1.82, 2.24) is 15.5 Å². The van der Waals surface area contributed by atoms with Crippen LogP contribution in [0.2, 0.25) is 0 Å². The van der Waals surface area contributed by atoms with E-state index in [1.54, 1.807) is 7.11 Å². The van der Waals surface area contributed by atoms with E-state index in [0.29, 0.717) is 25.6 Å². The van der Waals surface area contributed by atoms with Crippen molar-refractivity contribution in [3.63, 3.8) is 0 Å². The molecular weight excluding hydrogens is 301 g/mol. The maximum absolute atomic E-state index is 11.5. The van der Waals surface area contributed by atoms with Crippen LogP contribution in [0.4, 0.5) is 0 Å². The summed E-state index contributed by atoms with van der Waals surface area (Å²) in [6.07, 6.45) is 2.64. The van der Waals surface area contributed by atoms with Crippen molar-refractivity contribution >= 4 is 30.7 Å². The Morgan fingerprint density at radius 3 is 2.55 bits per heavy atom. The van der Waals surface area contributed by atoms with Crippen molar-refractivity contribution in [3.05, 3.63) is 0 Å². The van der Waals surface area contributed by atoms with Crippen molar-refractivity contribution in [1.29, 1.82) is 0 Å². The summed E-state index contributed by atoms with van der Waals surface area (Å²) in [6, 6.07) is 0. The lowest BCUT2D eigenvalue weighted by atomic mass is 10.1. The van der Waals surface area contributed by atoms with Gasteiger partial charge in [-0.05, 0) is 31.8 Å². The molecule has 0 aromatic heterocycles. The zero-order chi connectivity index (χ0) is 13.2. The number of hydrogen-bond acceptors (Lipinski definition) is 4. The Bertz CT molecular complexity index is 240. The van der Waals surface area contributed by atoms with Gasteiger partial charge in [-0.15, -0.1) is 24.8 Å². The Morgan fingerprint density at radius 1 is 1.30 bits per heavy atom. The second kappa shape index (κ2) is 13.9. The average Bonchev–Trinajstić information content (AvgIpc) is 2.85. The molecule has 0 aromatic carbocycles. The Morgan fingerprint density at radius 2 is 1.95 bits per heavy atom. The van der Waals surface area contributed by atoms with E-state index in [1.165, 1.54) is 25.9 Å². The van der Waals surface area contributed by atoms with Crippen molar-refractivity contribution in [2.24, 2.45) is 5.92 Å². The summed E-state index contributed by atoms with van der Waals surface area (Å²) in [7, 11) is 1.65. The molecule has 1 aliphatic rings. The van der Waals surface area contributed by atoms with Gasteiger partial charge in [0, 0.05) is 26.7 Å². The molecule has 1 amide bonds. The van der Waals surface area contributed by atoms with Crippen molar-refractivity contribution in [2.75, 3.05) is 53.0 Å². The lowest BCUT2D eigenvalue weighted by Crippen LogP contribution is -2.39. The minimum absolute atomic E-state index is 0. The third-order valence-electron chi connectivity index (χ3n) is 3.18. The van der Waals surface area contributed by atoms with Gasteiger partial charge >= 0.3 is 0 Å². The van der Waals surface area contributed by atoms with Crippen LogP contribution >= 0.6 is 24.8 Å². The molecule has 7 heteroatoms. The number of nitrogens with one attached hydrogen (secondary N) is 2. The van der Waals surface area contributed by atoms with Gasteiger partial charge in [0.25, 0.3) is 0 Å². The van der Waals surface area contributed by atoms with E-state index in [-0.39, 0.29) is 30.7 Å². The van der Waals surface area contributed by atoms with Crippen molar-refractivity contribution < 1.29 is 9.53 Å². The van der Waals surface area contributed by atoms with E-state index in [9.17, 15) is 4.79 Å². The molecule has 1 aliphatic heterocycles. The van der Waals surface area contributed by atoms with Crippen LogP contribution in [0.5, 0.6) is 0 Å². The van der Waals surface area contributed by atoms with E-state index in [1.807, 2.05) is 0 Å². The SMILES string of the molecule is COCCNCC(=O)NCC(C)CN1CCCC1.Cl.Cl. The average molecular weight is 330 g/mol. The Hall–Kier alpha value is -0.0700. The first-order valence-electron chi connectivity index (χ1n) is 6.91. The summed E-state index contributed by atoms with van der Waals surface area (Å²) in [6.45, 7) is 8.22. The van der Waals surface area contributed by atoms with Gasteiger partial charge in [-0.1, -0.05) is 6.92 Å². The predicted octanol–water partition coefficient (Wildman–Crippen LogP) is 0.914. The molecule has 0 radical (unpaired) electrons. The van der Waals surface area contributed by atoms with Crippen LogP contribution in [0.15, 0.2) is 0 Å². The van der Waals surface area contributed by atoms with Gasteiger partial charge in [0.05, 0.1) is 13.2 Å². The van der Waals surface area contributed by atoms with Gasteiger partial charge in [-0.3, -0.25) is 4.79 Å². The largest absolute Gasteiger partial charge is 0.383 e. The van der Waals surface area contributed by atoms with E-state index < -0.39 is 0 Å². The van der Waals surface area contributed by atoms with E-state index in [4.69, 9.17) is 4.74 Å². The first kappa shape index (κ1) is 22.2. The Balaban J connectivity index is 0. The number of amides is 1. The molecule has 0 aromatic rings. The molecule has 1 rings (SSSR count). The smallest absolute Gasteiger partial charge is 0.233 e. The highest BCUT2D eigenvalue weighted by Gasteiger charge is 2.14. The molecule has 0 bridgehead atoms. The second-order valence-corrected chi connectivity index (χ2v) is 5.09. The van der Waals surface area contributed by atoms with Crippen LogP contribution < -0.4 is 10.6 Å². The predicted molar refractivity (Wildman–Crippen MR) is 87.1 cm³/mol. The minimum atomic E-state index is 0. The fourth-order valence-corrected chi connectivity index (χ4v) is 2.20. The molecular formula is C13H29Cl2N3O2. The van der Waals surface area contributed by atoms with Gasteiger partial charge in [0.15, 0.2) is 0 Å². The zero-order valence-corrected chi connectivity index (χ0v) is 14.2. The van der Waals surface area contributed by atoms with Gasteiger partial charge in [-0.25, -0.2) is 0 Å². The topological polar surface area (TPSA) is 53.6 Å². The highest BCUT2D eigenvalue weighted by Crippen LogP contribution is 2.09. The van der Waals surface area contributed by atoms with Gasteiger partial charge in [0.1, 0.15) is 0 Å². The third-order valence-corrected chi connectivity index (χ3v) is 3.18. The number of ether oxygens (including phenoxy) is 1. The standard InChI is InChI=1S/C13H27N3O2.2ClH/c1-12(11-16-6-3-4-7-16)9-15-13(17)10-14-5-8-18-2;;/h12,14H,3-11H2,1-2H3,(H,15,17);2*1H. The quantitative estimate of drug-likeness (QED) is 0.617. The maximum atomic E-state index is 11.5. The van der Waals surface area contributed by atoms with Crippen molar-refractivity contribution in [3.8, 4) is 0 Å². The monoisotopic (exact) mass is 329 g/mol. The molecule has 1 fully saturated rings. The van der Waals surface area contributed by atoms with E-state index in [0.717, 1.165) is 13.1 Å². The fraction of sp³-hybridized carbons (Fsp3) is 0.923. The highest BCUT2D eigenvalue weighted by atomic mass is 35.5. The first-order valence-corrected chi connectivity index (χ1v) is 6.91. The number of nitrogens with zero attached hydrogens (tertiary/aromatic N) is 1. The molecule has 20 heavy (non-hydrogen) atoms. The van der Waals surface area contributed by atoms with Crippen molar-refractivity contribution in [2.45, 2.75) is 19.8 Å². The Labute approximate surface area is 135 Å². The second-order valence-electron chi connectivity index (χ2n) is 5.09. The summed E-state index contributed by atoms with van der Waals surface area (Å²) < 4.78 is 4.90. The number of carbonyl (C=O) groups is 1. The lowest BCUT2D eigenvalue weighted by Gasteiger charge is -2.20. The maximum Gasteiger partial charge on any atom is 0.233 e. The lowest BCUT2D eigenvalue weighted by molar-refractivity contribution is -0.120. The van der Waals surface area contributed by atoms with Crippen LogP contribution in [0.25, 0.3) is 0 Å². The van der Waals surface area contributed by atoms with Gasteiger partial charge in [0.2, 0.25) is 5.91 Å². The molecule has 0 saturated carbocycles. The third kappa shape index (κ3) is 10.7. The molecule has 1 atom stereocenters. The summed E-state index contributed by atoms with van der Waals surface area (Å²) in [4.78, 5) is 14.0. The fourth-order valence-electron chi connectivity index (χ4n) is 2.20. The Kier molecular flexibility index (Phi) is 15.4. The molecule has 1 heterocycles. The molecule has 0 aliphatic carbocycles. The number of methoxy groups -OCH3 is 1. The molecule has 2 N–H and O–H groups in total. The number of halogens is 2. The summed E-state index contributed by atoms with van der Waals surface area (Å²) in [5, 5.41) is 6.00. The highest BCUT2D eigenvalue weighted by molar-refractivity contribution is 5.85. The summed E-state index contributed by atoms with van der Waals surface area (Å²) >= 11 is 0. The van der Waals surface area contributed by atoms with Crippen LogP contribution in [0.3, 0.4) is 0 Å². The van der Waals surface area contributed by atoms with Gasteiger partial charge in [-0.2, -0.15) is 0 Å². The molecule has 5 nitrogen and oxygen atoms in total. The number of rotatable bonds is 9.